The molecule has 0 saturated heterocycles. The van der Waals surface area contributed by atoms with Gasteiger partial charge in [-0.25, -0.2) is 0 Å². The zero-order chi connectivity index (χ0) is 13.6. The summed E-state index contributed by atoms with van der Waals surface area (Å²) >= 11 is 0. The molecule has 1 aliphatic carbocycles. The van der Waals surface area contributed by atoms with Gasteiger partial charge >= 0.3 is 0 Å². The number of nitrogens with one attached hydrogen (secondary N) is 1. The molecule has 0 aromatic heterocycles. The molecule has 1 N–H and O–H groups in total. The number of hydrogen-bond acceptors (Lipinski definition) is 2. The van der Waals surface area contributed by atoms with Crippen LogP contribution >= 0.6 is 0 Å². The smallest absolute Gasteiger partial charge is 0.0462 e. The van der Waals surface area contributed by atoms with Gasteiger partial charge in [0, 0.05) is 31.7 Å². The van der Waals surface area contributed by atoms with Crippen molar-refractivity contribution in [1.82, 2.24) is 5.32 Å². The van der Waals surface area contributed by atoms with Gasteiger partial charge in [0.25, 0.3) is 0 Å². The third-order valence-corrected chi connectivity index (χ3v) is 4.37. The molecule has 1 aromatic rings. The summed E-state index contributed by atoms with van der Waals surface area (Å²) in [4.78, 5) is 0. The highest BCUT2D eigenvalue weighted by molar-refractivity contribution is 5.26. The zero-order valence-electron chi connectivity index (χ0n) is 12.3. The number of benzene rings is 1. The first-order valence-corrected chi connectivity index (χ1v) is 7.58. The van der Waals surface area contributed by atoms with Crippen LogP contribution in [0.1, 0.15) is 44.6 Å². The minimum Gasteiger partial charge on any atom is -0.385 e. The lowest BCUT2D eigenvalue weighted by Gasteiger charge is -2.34. The van der Waals surface area contributed by atoms with Crippen LogP contribution in [0.15, 0.2) is 30.3 Å². The molecule has 1 atom stereocenters. The Morgan fingerprint density at radius 3 is 2.58 bits per heavy atom. The summed E-state index contributed by atoms with van der Waals surface area (Å²) in [7, 11) is 1.79. The van der Waals surface area contributed by atoms with E-state index in [2.05, 4.69) is 42.6 Å². The topological polar surface area (TPSA) is 21.3 Å². The Kier molecular flexibility index (Phi) is 5.41. The second kappa shape index (κ2) is 7.06. The molecule has 1 aromatic carbocycles. The van der Waals surface area contributed by atoms with E-state index in [4.69, 9.17) is 4.74 Å². The molecule has 0 spiro atoms. The van der Waals surface area contributed by atoms with Gasteiger partial charge in [-0.05, 0) is 37.7 Å². The van der Waals surface area contributed by atoms with E-state index in [1.807, 2.05) is 0 Å². The molecule has 1 unspecified atom stereocenters. The van der Waals surface area contributed by atoms with Gasteiger partial charge in [0.1, 0.15) is 0 Å². The maximum atomic E-state index is 5.24. The van der Waals surface area contributed by atoms with E-state index in [0.717, 1.165) is 25.6 Å². The lowest BCUT2D eigenvalue weighted by atomic mass is 9.74. The molecule has 0 bridgehead atoms. The van der Waals surface area contributed by atoms with Crippen molar-refractivity contribution in [1.29, 1.82) is 0 Å². The SMILES string of the molecule is CCC(CCCOC)(CNC1CC1)c1ccccc1. The third-order valence-electron chi connectivity index (χ3n) is 4.37. The standard InChI is InChI=1S/C17H27NO/c1-3-17(12-7-13-19-2,14-18-16-10-11-16)15-8-5-4-6-9-15/h4-6,8-9,16,18H,3,7,10-14H2,1-2H3. The van der Waals surface area contributed by atoms with Crippen LogP contribution in [0, 0.1) is 0 Å². The number of methoxy groups -OCH3 is 1. The summed E-state index contributed by atoms with van der Waals surface area (Å²) in [5.74, 6) is 0. The van der Waals surface area contributed by atoms with Gasteiger partial charge in [0.05, 0.1) is 0 Å². The van der Waals surface area contributed by atoms with E-state index in [9.17, 15) is 0 Å². The Morgan fingerprint density at radius 1 is 1.26 bits per heavy atom. The molecule has 1 aliphatic rings. The molecule has 0 radical (unpaired) electrons. The fourth-order valence-electron chi connectivity index (χ4n) is 2.81. The number of ether oxygens (including phenoxy) is 1. The van der Waals surface area contributed by atoms with Gasteiger partial charge in [-0.15, -0.1) is 0 Å². The summed E-state index contributed by atoms with van der Waals surface area (Å²) < 4.78 is 5.24. The van der Waals surface area contributed by atoms with Crippen molar-refractivity contribution >= 4 is 0 Å². The molecule has 1 fully saturated rings. The van der Waals surface area contributed by atoms with Crippen molar-refractivity contribution in [3.63, 3.8) is 0 Å². The predicted molar refractivity (Wildman–Crippen MR) is 80.5 cm³/mol. The van der Waals surface area contributed by atoms with Crippen LogP contribution in [0.4, 0.5) is 0 Å². The highest BCUT2D eigenvalue weighted by atomic mass is 16.5. The summed E-state index contributed by atoms with van der Waals surface area (Å²) in [6.45, 7) is 4.27. The summed E-state index contributed by atoms with van der Waals surface area (Å²) in [6, 6.07) is 11.8. The minimum absolute atomic E-state index is 0.266. The molecule has 2 heteroatoms. The largest absolute Gasteiger partial charge is 0.385 e. The van der Waals surface area contributed by atoms with Gasteiger partial charge in [0.2, 0.25) is 0 Å². The molecule has 0 aliphatic heterocycles. The summed E-state index contributed by atoms with van der Waals surface area (Å²) in [5, 5.41) is 3.73. The van der Waals surface area contributed by atoms with Crippen molar-refractivity contribution in [3.05, 3.63) is 35.9 Å². The molecule has 2 rings (SSSR count). The Morgan fingerprint density at radius 2 is 2.00 bits per heavy atom. The first-order chi connectivity index (χ1) is 9.30. The van der Waals surface area contributed by atoms with Crippen LogP contribution in [0.25, 0.3) is 0 Å². The van der Waals surface area contributed by atoms with Crippen molar-refractivity contribution < 1.29 is 4.74 Å². The Hall–Kier alpha value is -0.860. The van der Waals surface area contributed by atoms with E-state index < -0.39 is 0 Å². The molecule has 0 heterocycles. The third kappa shape index (κ3) is 4.05. The zero-order valence-corrected chi connectivity index (χ0v) is 12.3. The average molecular weight is 261 g/mol. The monoisotopic (exact) mass is 261 g/mol. The van der Waals surface area contributed by atoms with E-state index in [1.165, 1.54) is 31.2 Å². The molecule has 0 amide bonds. The second-order valence-corrected chi connectivity index (χ2v) is 5.75. The average Bonchev–Trinajstić information content (AvgIpc) is 3.28. The lowest BCUT2D eigenvalue weighted by Crippen LogP contribution is -2.39. The van der Waals surface area contributed by atoms with Gasteiger partial charge < -0.3 is 10.1 Å². The molecule has 1 saturated carbocycles. The lowest BCUT2D eigenvalue weighted by molar-refractivity contribution is 0.180. The van der Waals surface area contributed by atoms with Crippen molar-refractivity contribution in [2.75, 3.05) is 20.3 Å². The van der Waals surface area contributed by atoms with E-state index in [1.54, 1.807) is 7.11 Å². The summed E-state index contributed by atoms with van der Waals surface area (Å²) in [6.07, 6.45) is 6.21. The van der Waals surface area contributed by atoms with E-state index in [0.29, 0.717) is 0 Å². The van der Waals surface area contributed by atoms with Crippen LogP contribution in [0.2, 0.25) is 0 Å². The minimum atomic E-state index is 0.266. The van der Waals surface area contributed by atoms with E-state index in [-0.39, 0.29) is 5.41 Å². The predicted octanol–water partition coefficient (Wildman–Crippen LogP) is 3.51. The number of hydrogen-bond donors (Lipinski definition) is 1. The van der Waals surface area contributed by atoms with Gasteiger partial charge in [0.15, 0.2) is 0 Å². The molecular formula is C17H27NO. The Bertz CT molecular complexity index is 361. The second-order valence-electron chi connectivity index (χ2n) is 5.75. The first kappa shape index (κ1) is 14.5. The quantitative estimate of drug-likeness (QED) is 0.687. The van der Waals surface area contributed by atoms with Gasteiger partial charge in [-0.3, -0.25) is 0 Å². The number of rotatable bonds is 9. The van der Waals surface area contributed by atoms with Crippen LogP contribution in [-0.4, -0.2) is 26.3 Å². The summed E-state index contributed by atoms with van der Waals surface area (Å²) in [5.41, 5.74) is 1.74. The van der Waals surface area contributed by atoms with Crippen molar-refractivity contribution in [2.45, 2.75) is 50.5 Å². The maximum absolute atomic E-state index is 5.24. The van der Waals surface area contributed by atoms with E-state index >= 15 is 0 Å². The van der Waals surface area contributed by atoms with Crippen LogP contribution in [0.5, 0.6) is 0 Å². The highest BCUT2D eigenvalue weighted by Crippen LogP contribution is 2.33. The van der Waals surface area contributed by atoms with Crippen molar-refractivity contribution in [2.24, 2.45) is 0 Å². The molecule has 19 heavy (non-hydrogen) atoms. The fourth-order valence-corrected chi connectivity index (χ4v) is 2.81. The maximum Gasteiger partial charge on any atom is 0.0462 e. The fraction of sp³-hybridized carbons (Fsp3) is 0.647. The highest BCUT2D eigenvalue weighted by Gasteiger charge is 2.32. The van der Waals surface area contributed by atoms with Crippen molar-refractivity contribution in [3.8, 4) is 0 Å². The van der Waals surface area contributed by atoms with Crippen LogP contribution in [0.3, 0.4) is 0 Å². The molecular weight excluding hydrogens is 234 g/mol. The van der Waals surface area contributed by atoms with Gasteiger partial charge in [-0.2, -0.15) is 0 Å². The Labute approximate surface area is 117 Å². The molecule has 2 nitrogen and oxygen atoms in total. The van der Waals surface area contributed by atoms with Crippen LogP contribution in [-0.2, 0) is 10.2 Å². The normalized spacial score (nSPS) is 18.2. The Balaban J connectivity index is 2.08. The molecule has 106 valence electrons. The van der Waals surface area contributed by atoms with Gasteiger partial charge in [-0.1, -0.05) is 37.3 Å². The van der Waals surface area contributed by atoms with Crippen LogP contribution < -0.4 is 5.32 Å². The first-order valence-electron chi connectivity index (χ1n) is 7.58.